The average Bonchev–Trinajstić information content (AvgIpc) is 2.39. The second kappa shape index (κ2) is 5.61. The van der Waals surface area contributed by atoms with E-state index in [1.54, 1.807) is 0 Å². The highest BCUT2D eigenvalue weighted by Crippen LogP contribution is 2.19. The molecule has 0 saturated carbocycles. The summed E-state index contributed by atoms with van der Waals surface area (Å²) in [6, 6.07) is 7.73. The SMILES string of the molecule is CN(C)c1ccc(C(=O)N2CCC(Cl)CC2)cc1. The zero-order chi connectivity index (χ0) is 13.1. The Labute approximate surface area is 113 Å². The molecule has 0 radical (unpaired) electrons. The second-order valence-electron chi connectivity index (χ2n) is 4.91. The number of carbonyl (C=O) groups is 1. The maximum Gasteiger partial charge on any atom is 0.253 e. The Hall–Kier alpha value is -1.22. The first kappa shape index (κ1) is 13.2. The van der Waals surface area contributed by atoms with Crippen LogP contribution in [-0.2, 0) is 0 Å². The van der Waals surface area contributed by atoms with Gasteiger partial charge in [0.15, 0.2) is 0 Å². The molecule has 1 heterocycles. The summed E-state index contributed by atoms with van der Waals surface area (Å²) in [5.41, 5.74) is 1.86. The standard InChI is InChI=1S/C14H19ClN2O/c1-16(2)13-5-3-11(4-6-13)14(18)17-9-7-12(15)8-10-17/h3-6,12H,7-10H2,1-2H3. The Morgan fingerprint density at radius 1 is 1.22 bits per heavy atom. The summed E-state index contributed by atoms with van der Waals surface area (Å²) in [6.45, 7) is 1.53. The van der Waals surface area contributed by atoms with Crippen LogP contribution in [0.15, 0.2) is 24.3 Å². The van der Waals surface area contributed by atoms with Gasteiger partial charge in [-0.15, -0.1) is 11.6 Å². The maximum atomic E-state index is 12.3. The molecule has 0 aromatic heterocycles. The second-order valence-corrected chi connectivity index (χ2v) is 5.53. The van der Waals surface area contributed by atoms with E-state index in [2.05, 4.69) is 0 Å². The summed E-state index contributed by atoms with van der Waals surface area (Å²) in [7, 11) is 3.98. The van der Waals surface area contributed by atoms with Gasteiger partial charge in [-0.05, 0) is 37.1 Å². The summed E-state index contributed by atoms with van der Waals surface area (Å²) in [6.07, 6.45) is 1.78. The third-order valence-electron chi connectivity index (χ3n) is 3.34. The van der Waals surface area contributed by atoms with Gasteiger partial charge < -0.3 is 9.80 Å². The first-order valence-corrected chi connectivity index (χ1v) is 6.72. The normalized spacial score (nSPS) is 16.7. The summed E-state index contributed by atoms with van der Waals surface area (Å²) in [5, 5.41) is 0.227. The molecule has 0 unspecified atom stereocenters. The van der Waals surface area contributed by atoms with Gasteiger partial charge >= 0.3 is 0 Å². The number of halogens is 1. The number of amides is 1. The van der Waals surface area contributed by atoms with Crippen molar-refractivity contribution >= 4 is 23.2 Å². The van der Waals surface area contributed by atoms with Crippen LogP contribution in [0.3, 0.4) is 0 Å². The zero-order valence-corrected chi connectivity index (χ0v) is 11.7. The molecular weight excluding hydrogens is 248 g/mol. The monoisotopic (exact) mass is 266 g/mol. The van der Waals surface area contributed by atoms with Gasteiger partial charge in [0, 0.05) is 43.8 Å². The van der Waals surface area contributed by atoms with Crippen molar-refractivity contribution < 1.29 is 4.79 Å². The van der Waals surface area contributed by atoms with Crippen LogP contribution >= 0.6 is 11.6 Å². The van der Waals surface area contributed by atoms with E-state index in [9.17, 15) is 4.79 Å². The van der Waals surface area contributed by atoms with E-state index in [0.29, 0.717) is 0 Å². The van der Waals surface area contributed by atoms with E-state index in [1.807, 2.05) is 48.2 Å². The fourth-order valence-electron chi connectivity index (χ4n) is 2.14. The maximum absolute atomic E-state index is 12.3. The number of likely N-dealkylation sites (tertiary alicyclic amines) is 1. The van der Waals surface area contributed by atoms with E-state index in [0.717, 1.165) is 37.2 Å². The lowest BCUT2D eigenvalue weighted by Crippen LogP contribution is -2.38. The van der Waals surface area contributed by atoms with Gasteiger partial charge in [0.2, 0.25) is 0 Å². The van der Waals surface area contributed by atoms with Crippen molar-refractivity contribution in [2.45, 2.75) is 18.2 Å². The molecule has 3 nitrogen and oxygen atoms in total. The van der Waals surface area contributed by atoms with Crippen molar-refractivity contribution in [2.24, 2.45) is 0 Å². The zero-order valence-electron chi connectivity index (χ0n) is 10.9. The molecule has 98 valence electrons. The van der Waals surface area contributed by atoms with Crippen molar-refractivity contribution in [1.82, 2.24) is 4.90 Å². The first-order valence-electron chi connectivity index (χ1n) is 6.28. The third-order valence-corrected chi connectivity index (χ3v) is 3.78. The molecular formula is C14H19ClN2O. The summed E-state index contributed by atoms with van der Waals surface area (Å²) < 4.78 is 0. The van der Waals surface area contributed by atoms with Crippen molar-refractivity contribution in [3.63, 3.8) is 0 Å². The predicted octanol–water partition coefficient (Wildman–Crippen LogP) is 2.60. The van der Waals surface area contributed by atoms with Gasteiger partial charge in [0.05, 0.1) is 0 Å². The fraction of sp³-hybridized carbons (Fsp3) is 0.500. The predicted molar refractivity (Wildman–Crippen MR) is 75.5 cm³/mol. The average molecular weight is 267 g/mol. The number of piperidine rings is 1. The Balaban J connectivity index is 2.04. The number of nitrogens with zero attached hydrogens (tertiary/aromatic N) is 2. The minimum atomic E-state index is 0.115. The summed E-state index contributed by atoms with van der Waals surface area (Å²) in [4.78, 5) is 16.2. The molecule has 1 saturated heterocycles. The van der Waals surface area contributed by atoms with Gasteiger partial charge in [-0.2, -0.15) is 0 Å². The quantitative estimate of drug-likeness (QED) is 0.769. The molecule has 0 N–H and O–H groups in total. The molecule has 18 heavy (non-hydrogen) atoms. The number of alkyl halides is 1. The van der Waals surface area contributed by atoms with Gasteiger partial charge in [-0.1, -0.05) is 0 Å². The molecule has 0 aliphatic carbocycles. The number of anilines is 1. The molecule has 1 aliphatic heterocycles. The van der Waals surface area contributed by atoms with Gasteiger partial charge in [0.1, 0.15) is 0 Å². The lowest BCUT2D eigenvalue weighted by molar-refractivity contribution is 0.0726. The summed E-state index contributed by atoms with van der Waals surface area (Å²) in [5.74, 6) is 0.115. The molecule has 0 spiro atoms. The van der Waals surface area contributed by atoms with Crippen LogP contribution in [-0.4, -0.2) is 43.4 Å². The molecule has 1 amide bonds. The highest BCUT2D eigenvalue weighted by molar-refractivity contribution is 6.20. The fourth-order valence-corrected chi connectivity index (χ4v) is 2.33. The van der Waals surface area contributed by atoms with E-state index in [4.69, 9.17) is 11.6 Å². The number of rotatable bonds is 2. The highest BCUT2D eigenvalue weighted by Gasteiger charge is 2.22. The lowest BCUT2D eigenvalue weighted by Gasteiger charge is -2.29. The van der Waals surface area contributed by atoms with Gasteiger partial charge in [-0.3, -0.25) is 4.79 Å². The molecule has 1 fully saturated rings. The smallest absolute Gasteiger partial charge is 0.253 e. The first-order chi connectivity index (χ1) is 8.58. The van der Waals surface area contributed by atoms with Crippen LogP contribution in [0.25, 0.3) is 0 Å². The van der Waals surface area contributed by atoms with Crippen LogP contribution in [0.4, 0.5) is 5.69 Å². The molecule has 0 atom stereocenters. The van der Waals surface area contributed by atoms with Crippen LogP contribution in [0, 0.1) is 0 Å². The Bertz CT molecular complexity index is 408. The van der Waals surface area contributed by atoms with Crippen LogP contribution in [0.5, 0.6) is 0 Å². The van der Waals surface area contributed by atoms with Crippen LogP contribution < -0.4 is 4.90 Å². The third kappa shape index (κ3) is 2.96. The molecule has 0 bridgehead atoms. The van der Waals surface area contributed by atoms with E-state index < -0.39 is 0 Å². The topological polar surface area (TPSA) is 23.6 Å². The van der Waals surface area contributed by atoms with E-state index in [-0.39, 0.29) is 11.3 Å². The minimum absolute atomic E-state index is 0.115. The molecule has 1 aromatic carbocycles. The Morgan fingerprint density at radius 2 is 1.78 bits per heavy atom. The van der Waals surface area contributed by atoms with Crippen molar-refractivity contribution in [3.05, 3.63) is 29.8 Å². The number of hydrogen-bond acceptors (Lipinski definition) is 2. The lowest BCUT2D eigenvalue weighted by atomic mass is 10.1. The van der Waals surface area contributed by atoms with Gasteiger partial charge in [-0.25, -0.2) is 0 Å². The molecule has 2 rings (SSSR count). The van der Waals surface area contributed by atoms with E-state index in [1.165, 1.54) is 0 Å². The summed E-state index contributed by atoms with van der Waals surface area (Å²) >= 11 is 6.04. The van der Waals surface area contributed by atoms with Crippen LogP contribution in [0.1, 0.15) is 23.2 Å². The van der Waals surface area contributed by atoms with Crippen molar-refractivity contribution in [2.75, 3.05) is 32.1 Å². The Kier molecular flexibility index (Phi) is 4.12. The van der Waals surface area contributed by atoms with Crippen LogP contribution in [0.2, 0.25) is 0 Å². The Morgan fingerprint density at radius 3 is 2.28 bits per heavy atom. The van der Waals surface area contributed by atoms with Crippen molar-refractivity contribution in [3.8, 4) is 0 Å². The molecule has 1 aliphatic rings. The molecule has 4 heteroatoms. The molecule has 1 aromatic rings. The largest absolute Gasteiger partial charge is 0.378 e. The van der Waals surface area contributed by atoms with Gasteiger partial charge in [0.25, 0.3) is 5.91 Å². The highest BCUT2D eigenvalue weighted by atomic mass is 35.5. The number of benzene rings is 1. The van der Waals surface area contributed by atoms with E-state index >= 15 is 0 Å². The minimum Gasteiger partial charge on any atom is -0.378 e. The number of carbonyl (C=O) groups excluding carboxylic acids is 1. The number of hydrogen-bond donors (Lipinski definition) is 0. The van der Waals surface area contributed by atoms with Crippen molar-refractivity contribution in [1.29, 1.82) is 0 Å².